The molecule has 4 rings (SSSR count). The van der Waals surface area contributed by atoms with Crippen LogP contribution in [0.4, 0.5) is 0 Å². The van der Waals surface area contributed by atoms with Crippen molar-refractivity contribution in [2.75, 3.05) is 13.1 Å². The molecule has 7 nitrogen and oxygen atoms in total. The van der Waals surface area contributed by atoms with Gasteiger partial charge >= 0.3 is 5.97 Å². The Kier molecular flexibility index (Phi) is 4.77. The number of hydrogen-bond donors (Lipinski definition) is 1. The van der Waals surface area contributed by atoms with Crippen LogP contribution in [-0.4, -0.2) is 39.2 Å². The summed E-state index contributed by atoms with van der Waals surface area (Å²) in [4.78, 5) is 18.2. The molecule has 2 aromatic heterocycles. The molecule has 0 spiro atoms. The summed E-state index contributed by atoms with van der Waals surface area (Å²) in [6.07, 6.45) is 2.04. The van der Waals surface area contributed by atoms with Gasteiger partial charge in [0.2, 0.25) is 5.89 Å². The number of likely N-dealkylation sites (tertiary alicyclic amines) is 1. The Bertz CT molecular complexity index is 993. The van der Waals surface area contributed by atoms with E-state index < -0.39 is 5.97 Å². The van der Waals surface area contributed by atoms with Gasteiger partial charge in [0, 0.05) is 12.1 Å². The Morgan fingerprint density at radius 1 is 1.29 bits per heavy atom. The second kappa shape index (κ2) is 7.24. The van der Waals surface area contributed by atoms with Crippen LogP contribution in [0.25, 0.3) is 11.3 Å². The third kappa shape index (κ3) is 3.57. The van der Waals surface area contributed by atoms with Crippen LogP contribution in [-0.2, 0) is 12.0 Å². The molecule has 1 aliphatic heterocycles. The van der Waals surface area contributed by atoms with Crippen LogP contribution in [0.15, 0.2) is 45.3 Å². The number of aryl methyl sites for hydroxylation is 1. The summed E-state index contributed by atoms with van der Waals surface area (Å²) in [6.45, 7) is 6.40. The molecule has 0 unspecified atom stereocenters. The molecule has 1 saturated heterocycles. The minimum atomic E-state index is -0.963. The highest BCUT2D eigenvalue weighted by Crippen LogP contribution is 2.34. The number of carboxylic acid groups (broad SMARTS) is 1. The number of rotatable bonds is 5. The minimum absolute atomic E-state index is 0.176. The molecular weight excluding hydrogens is 358 g/mol. The molecule has 1 aromatic carbocycles. The van der Waals surface area contributed by atoms with Crippen molar-refractivity contribution in [3.63, 3.8) is 0 Å². The highest BCUT2D eigenvalue weighted by atomic mass is 16.5. The lowest BCUT2D eigenvalue weighted by Gasteiger charge is -2.37. The van der Waals surface area contributed by atoms with E-state index >= 15 is 0 Å². The highest BCUT2D eigenvalue weighted by Gasteiger charge is 2.37. The fourth-order valence-corrected chi connectivity index (χ4v) is 3.91. The normalized spacial score (nSPS) is 20.4. The first kappa shape index (κ1) is 18.4. The van der Waals surface area contributed by atoms with Gasteiger partial charge in [-0.15, -0.1) is 0 Å². The number of hydrogen-bond acceptors (Lipinski definition) is 6. The molecule has 0 radical (unpaired) electrons. The minimum Gasteiger partial charge on any atom is -0.478 e. The standard InChI is InChI=1S/C21H23N3O4/c1-14-22-20(28-23-14)21(2)10-5-11-24(13-21)12-15-8-9-18(27-15)16-6-3-4-7-17(16)19(25)26/h3-4,6-9H,5,10-13H2,1-2H3,(H,25,26)/t21-/m0/s1. The van der Waals surface area contributed by atoms with Crippen LogP contribution in [0.5, 0.6) is 0 Å². The second-order valence-electron chi connectivity index (χ2n) is 7.64. The Morgan fingerprint density at radius 2 is 2.11 bits per heavy atom. The Balaban J connectivity index is 1.51. The molecule has 7 heteroatoms. The number of furan rings is 1. The number of benzene rings is 1. The maximum absolute atomic E-state index is 11.5. The van der Waals surface area contributed by atoms with Crippen LogP contribution in [0.3, 0.4) is 0 Å². The fourth-order valence-electron chi connectivity index (χ4n) is 3.91. The molecule has 0 saturated carbocycles. The zero-order valence-electron chi connectivity index (χ0n) is 16.0. The third-order valence-corrected chi connectivity index (χ3v) is 5.28. The molecule has 28 heavy (non-hydrogen) atoms. The lowest BCUT2D eigenvalue weighted by atomic mass is 9.81. The monoisotopic (exact) mass is 381 g/mol. The van der Waals surface area contributed by atoms with Crippen molar-refractivity contribution in [1.82, 2.24) is 15.0 Å². The van der Waals surface area contributed by atoms with Gasteiger partial charge in [0.1, 0.15) is 11.5 Å². The van der Waals surface area contributed by atoms with E-state index in [1.807, 2.05) is 25.1 Å². The number of aromatic nitrogens is 2. The lowest BCUT2D eigenvalue weighted by Crippen LogP contribution is -2.44. The van der Waals surface area contributed by atoms with Gasteiger partial charge in [0.15, 0.2) is 5.82 Å². The van der Waals surface area contributed by atoms with E-state index in [1.165, 1.54) is 0 Å². The molecule has 3 heterocycles. The van der Waals surface area contributed by atoms with Gasteiger partial charge in [0.05, 0.1) is 17.5 Å². The van der Waals surface area contributed by atoms with Crippen LogP contribution in [0.1, 0.15) is 47.6 Å². The van der Waals surface area contributed by atoms with Crippen molar-refractivity contribution in [3.05, 3.63) is 59.4 Å². The molecule has 3 aromatic rings. The van der Waals surface area contributed by atoms with Crippen molar-refractivity contribution in [2.45, 2.75) is 38.6 Å². The van der Waals surface area contributed by atoms with Gasteiger partial charge in [0.25, 0.3) is 0 Å². The Morgan fingerprint density at radius 3 is 2.86 bits per heavy atom. The van der Waals surface area contributed by atoms with Crippen molar-refractivity contribution >= 4 is 5.97 Å². The summed E-state index contributed by atoms with van der Waals surface area (Å²) >= 11 is 0. The SMILES string of the molecule is Cc1noc([C@@]2(C)CCCN(Cc3ccc(-c4ccccc4C(=O)O)o3)C2)n1. The molecule has 1 fully saturated rings. The van der Waals surface area contributed by atoms with Gasteiger partial charge in [-0.1, -0.05) is 23.4 Å². The van der Waals surface area contributed by atoms with Gasteiger partial charge in [-0.3, -0.25) is 4.90 Å². The van der Waals surface area contributed by atoms with E-state index in [9.17, 15) is 9.90 Å². The van der Waals surface area contributed by atoms with E-state index in [4.69, 9.17) is 8.94 Å². The smallest absolute Gasteiger partial charge is 0.336 e. The number of carboxylic acids is 1. The maximum atomic E-state index is 11.5. The summed E-state index contributed by atoms with van der Waals surface area (Å²) in [6, 6.07) is 10.6. The lowest BCUT2D eigenvalue weighted by molar-refractivity contribution is 0.0697. The van der Waals surface area contributed by atoms with Gasteiger partial charge < -0.3 is 14.0 Å². The van der Waals surface area contributed by atoms with Crippen molar-refractivity contribution in [1.29, 1.82) is 0 Å². The van der Waals surface area contributed by atoms with E-state index in [0.717, 1.165) is 31.7 Å². The summed E-state index contributed by atoms with van der Waals surface area (Å²) < 4.78 is 11.4. The number of piperidine rings is 1. The maximum Gasteiger partial charge on any atom is 0.336 e. The molecule has 1 atom stereocenters. The highest BCUT2D eigenvalue weighted by molar-refractivity contribution is 5.95. The zero-order chi connectivity index (χ0) is 19.7. The van der Waals surface area contributed by atoms with E-state index in [2.05, 4.69) is 22.0 Å². The fraction of sp³-hybridized carbons (Fsp3) is 0.381. The zero-order valence-corrected chi connectivity index (χ0v) is 16.0. The summed E-state index contributed by atoms with van der Waals surface area (Å²) in [5.41, 5.74) is 0.650. The van der Waals surface area contributed by atoms with Crippen LogP contribution >= 0.6 is 0 Å². The number of aromatic carboxylic acids is 1. The van der Waals surface area contributed by atoms with Gasteiger partial charge in [-0.2, -0.15) is 4.98 Å². The number of nitrogens with zero attached hydrogens (tertiary/aromatic N) is 3. The van der Waals surface area contributed by atoms with Crippen molar-refractivity contribution in [2.24, 2.45) is 0 Å². The molecule has 1 N–H and O–H groups in total. The Hall–Kier alpha value is -2.93. The Labute approximate surface area is 163 Å². The van der Waals surface area contributed by atoms with E-state index in [1.54, 1.807) is 18.2 Å². The van der Waals surface area contributed by atoms with Crippen LogP contribution in [0, 0.1) is 6.92 Å². The summed E-state index contributed by atoms with van der Waals surface area (Å²) in [7, 11) is 0. The summed E-state index contributed by atoms with van der Waals surface area (Å²) in [5, 5.41) is 13.3. The molecule has 0 bridgehead atoms. The molecule has 0 aliphatic carbocycles. The van der Waals surface area contributed by atoms with Gasteiger partial charge in [-0.05, 0) is 51.4 Å². The first-order valence-electron chi connectivity index (χ1n) is 9.39. The van der Waals surface area contributed by atoms with Crippen molar-refractivity contribution < 1.29 is 18.8 Å². The predicted molar refractivity (Wildman–Crippen MR) is 102 cm³/mol. The summed E-state index contributed by atoms with van der Waals surface area (Å²) in [5.74, 6) is 1.75. The molecule has 1 aliphatic rings. The topological polar surface area (TPSA) is 92.6 Å². The second-order valence-corrected chi connectivity index (χ2v) is 7.64. The first-order chi connectivity index (χ1) is 13.4. The average molecular weight is 381 g/mol. The molecule has 146 valence electrons. The first-order valence-corrected chi connectivity index (χ1v) is 9.39. The average Bonchev–Trinajstić information content (AvgIpc) is 3.31. The van der Waals surface area contributed by atoms with Crippen LogP contribution < -0.4 is 0 Å². The molecule has 0 amide bonds. The van der Waals surface area contributed by atoms with Gasteiger partial charge in [-0.25, -0.2) is 4.79 Å². The van der Waals surface area contributed by atoms with E-state index in [-0.39, 0.29) is 11.0 Å². The number of carbonyl (C=O) groups is 1. The third-order valence-electron chi connectivity index (χ3n) is 5.28. The van der Waals surface area contributed by atoms with Crippen LogP contribution in [0.2, 0.25) is 0 Å². The molecular formula is C21H23N3O4. The quantitative estimate of drug-likeness (QED) is 0.717. The largest absolute Gasteiger partial charge is 0.478 e. The van der Waals surface area contributed by atoms with E-state index in [0.29, 0.717) is 29.6 Å². The van der Waals surface area contributed by atoms with Crippen molar-refractivity contribution in [3.8, 4) is 11.3 Å². The predicted octanol–water partition coefficient (Wildman–Crippen LogP) is 3.89.